The zero-order valence-corrected chi connectivity index (χ0v) is 12.3. The Morgan fingerprint density at radius 1 is 1.21 bits per heavy atom. The van der Waals surface area contributed by atoms with Crippen LogP contribution in [0.5, 0.6) is 0 Å². The quantitative estimate of drug-likeness (QED) is 0.526. The summed E-state index contributed by atoms with van der Waals surface area (Å²) in [7, 11) is 0. The molecule has 4 heteroatoms. The van der Waals surface area contributed by atoms with Gasteiger partial charge in [0.25, 0.3) is 0 Å². The molecule has 0 aromatic carbocycles. The number of ether oxygens (including phenoxy) is 2. The van der Waals surface area contributed by atoms with Crippen molar-refractivity contribution in [1.82, 2.24) is 0 Å². The number of unbranched alkanes of at least 4 members (excludes halogenated alkanes) is 4. The van der Waals surface area contributed by atoms with Crippen molar-refractivity contribution < 1.29 is 19.7 Å². The van der Waals surface area contributed by atoms with Gasteiger partial charge in [-0.3, -0.25) is 0 Å². The number of aliphatic hydroxyl groups is 2. The molecule has 112 valence electrons. The highest BCUT2D eigenvalue weighted by Gasteiger charge is 2.43. The Labute approximate surface area is 116 Å². The van der Waals surface area contributed by atoms with Gasteiger partial charge >= 0.3 is 0 Å². The fourth-order valence-corrected chi connectivity index (χ4v) is 2.29. The molecule has 0 radical (unpaired) electrons. The Kier molecular flexibility index (Phi) is 7.00. The van der Waals surface area contributed by atoms with Gasteiger partial charge in [-0.1, -0.05) is 38.3 Å². The first-order chi connectivity index (χ1) is 9.00. The fraction of sp³-hybridized carbons (Fsp3) is 0.867. The van der Waals surface area contributed by atoms with Crippen molar-refractivity contribution in [1.29, 1.82) is 0 Å². The largest absolute Gasteiger partial charge is 0.394 e. The van der Waals surface area contributed by atoms with Crippen LogP contribution in [0.25, 0.3) is 0 Å². The molecular formula is C15H28O4. The van der Waals surface area contributed by atoms with Crippen molar-refractivity contribution in [2.75, 3.05) is 6.61 Å². The van der Waals surface area contributed by atoms with Crippen LogP contribution in [0.3, 0.4) is 0 Å². The maximum Gasteiger partial charge on any atom is 0.164 e. The summed E-state index contributed by atoms with van der Waals surface area (Å²) in [6, 6.07) is 0. The molecule has 1 heterocycles. The molecule has 0 amide bonds. The summed E-state index contributed by atoms with van der Waals surface area (Å²) >= 11 is 0. The number of allylic oxidation sites excluding steroid dienone is 1. The van der Waals surface area contributed by atoms with Crippen LogP contribution in [-0.2, 0) is 9.47 Å². The van der Waals surface area contributed by atoms with Crippen molar-refractivity contribution in [2.24, 2.45) is 0 Å². The second-order valence-corrected chi connectivity index (χ2v) is 5.59. The topological polar surface area (TPSA) is 58.9 Å². The van der Waals surface area contributed by atoms with E-state index in [2.05, 4.69) is 13.0 Å². The number of rotatable bonds is 8. The minimum Gasteiger partial charge on any atom is -0.394 e. The summed E-state index contributed by atoms with van der Waals surface area (Å²) in [4.78, 5) is 0. The summed E-state index contributed by atoms with van der Waals surface area (Å²) < 4.78 is 11.4. The van der Waals surface area contributed by atoms with Crippen LogP contribution in [0.2, 0.25) is 0 Å². The van der Waals surface area contributed by atoms with E-state index in [4.69, 9.17) is 14.6 Å². The van der Waals surface area contributed by atoms with E-state index in [-0.39, 0.29) is 12.7 Å². The highest BCUT2D eigenvalue weighted by molar-refractivity contribution is 5.00. The van der Waals surface area contributed by atoms with Gasteiger partial charge in [0.2, 0.25) is 0 Å². The Balaban J connectivity index is 2.43. The van der Waals surface area contributed by atoms with Crippen LogP contribution in [0.4, 0.5) is 0 Å². The molecule has 1 aliphatic heterocycles. The van der Waals surface area contributed by atoms with Crippen LogP contribution in [0, 0.1) is 0 Å². The van der Waals surface area contributed by atoms with E-state index in [9.17, 15) is 5.11 Å². The molecule has 1 rings (SSSR count). The normalized spacial score (nSPS) is 28.1. The van der Waals surface area contributed by atoms with Crippen molar-refractivity contribution in [2.45, 2.75) is 77.0 Å². The second kappa shape index (κ2) is 8.00. The number of aliphatic hydroxyl groups excluding tert-OH is 2. The summed E-state index contributed by atoms with van der Waals surface area (Å²) in [6.07, 6.45) is 8.30. The summed E-state index contributed by atoms with van der Waals surface area (Å²) in [6.45, 7) is 5.52. The van der Waals surface area contributed by atoms with Crippen molar-refractivity contribution in [3.8, 4) is 0 Å². The van der Waals surface area contributed by atoms with E-state index in [1.54, 1.807) is 0 Å². The smallest absolute Gasteiger partial charge is 0.164 e. The summed E-state index contributed by atoms with van der Waals surface area (Å²) in [5, 5.41) is 18.8. The van der Waals surface area contributed by atoms with Crippen LogP contribution in [-0.4, -0.2) is 40.9 Å². The first-order valence-electron chi connectivity index (χ1n) is 7.31. The first kappa shape index (κ1) is 16.6. The molecule has 1 saturated heterocycles. The van der Waals surface area contributed by atoms with Crippen LogP contribution >= 0.6 is 0 Å². The summed E-state index contributed by atoms with van der Waals surface area (Å²) in [5.74, 6) is -0.710. The van der Waals surface area contributed by atoms with Gasteiger partial charge in [0, 0.05) is 0 Å². The van der Waals surface area contributed by atoms with E-state index in [1.807, 2.05) is 19.9 Å². The van der Waals surface area contributed by atoms with Gasteiger partial charge < -0.3 is 19.7 Å². The van der Waals surface area contributed by atoms with E-state index >= 15 is 0 Å². The third-order valence-electron chi connectivity index (χ3n) is 3.28. The van der Waals surface area contributed by atoms with Gasteiger partial charge in [0.1, 0.15) is 18.3 Å². The van der Waals surface area contributed by atoms with Crippen molar-refractivity contribution in [3.05, 3.63) is 12.2 Å². The lowest BCUT2D eigenvalue weighted by Crippen LogP contribution is -2.37. The first-order valence-corrected chi connectivity index (χ1v) is 7.31. The zero-order valence-electron chi connectivity index (χ0n) is 12.3. The van der Waals surface area contributed by atoms with Crippen LogP contribution in [0.15, 0.2) is 12.2 Å². The lowest BCUT2D eigenvalue weighted by Gasteiger charge is -2.19. The molecule has 0 bridgehead atoms. The molecular weight excluding hydrogens is 244 g/mol. The van der Waals surface area contributed by atoms with Gasteiger partial charge in [0.15, 0.2) is 5.79 Å². The molecule has 1 aliphatic rings. The van der Waals surface area contributed by atoms with E-state index < -0.39 is 18.0 Å². The molecule has 0 aliphatic carbocycles. The van der Waals surface area contributed by atoms with Gasteiger partial charge in [-0.25, -0.2) is 0 Å². The predicted molar refractivity (Wildman–Crippen MR) is 74.8 cm³/mol. The number of hydrogen-bond acceptors (Lipinski definition) is 4. The predicted octanol–water partition coefficient (Wildman–Crippen LogP) is 2.39. The standard InChI is InChI=1S/C15H28O4/c1-4-5-6-7-8-9-10-13-14(12(17)11-16)19-15(2,3)18-13/h9-10,12-14,16-17H,4-8,11H2,1-3H3/b10-9+/t12?,13-,14+/m0/s1. The molecule has 3 atom stereocenters. The van der Waals surface area contributed by atoms with E-state index in [1.165, 1.54) is 25.7 Å². The maximum absolute atomic E-state index is 9.74. The minimum atomic E-state index is -0.906. The Hall–Kier alpha value is -0.420. The third-order valence-corrected chi connectivity index (χ3v) is 3.28. The average molecular weight is 272 g/mol. The van der Waals surface area contributed by atoms with Crippen molar-refractivity contribution >= 4 is 0 Å². The van der Waals surface area contributed by atoms with Gasteiger partial charge in [-0.2, -0.15) is 0 Å². The summed E-state index contributed by atoms with van der Waals surface area (Å²) in [5.41, 5.74) is 0. The van der Waals surface area contributed by atoms with Crippen molar-refractivity contribution in [3.63, 3.8) is 0 Å². The molecule has 0 spiro atoms. The molecule has 0 saturated carbocycles. The van der Waals surface area contributed by atoms with Gasteiger partial charge in [-0.15, -0.1) is 0 Å². The highest BCUT2D eigenvalue weighted by Crippen LogP contribution is 2.30. The van der Waals surface area contributed by atoms with Crippen LogP contribution in [0.1, 0.15) is 52.9 Å². The maximum atomic E-state index is 9.74. The fourth-order valence-electron chi connectivity index (χ4n) is 2.29. The molecule has 4 nitrogen and oxygen atoms in total. The van der Waals surface area contributed by atoms with E-state index in [0.717, 1.165) is 6.42 Å². The molecule has 19 heavy (non-hydrogen) atoms. The molecule has 0 aromatic heterocycles. The van der Waals surface area contributed by atoms with Gasteiger partial charge in [0.05, 0.1) is 6.61 Å². The SMILES string of the molecule is CCCCCC/C=C/[C@@H]1OC(C)(C)O[C@@H]1C(O)CO. The molecule has 1 unspecified atom stereocenters. The third kappa shape index (κ3) is 5.61. The lowest BCUT2D eigenvalue weighted by atomic mass is 10.1. The minimum absolute atomic E-state index is 0.289. The lowest BCUT2D eigenvalue weighted by molar-refractivity contribution is -0.155. The van der Waals surface area contributed by atoms with E-state index in [0.29, 0.717) is 0 Å². The monoisotopic (exact) mass is 272 g/mol. The van der Waals surface area contributed by atoms with Crippen LogP contribution < -0.4 is 0 Å². The number of hydrogen-bond donors (Lipinski definition) is 2. The van der Waals surface area contributed by atoms with Gasteiger partial charge in [-0.05, 0) is 26.7 Å². The Bertz CT molecular complexity index is 275. The molecule has 1 fully saturated rings. The second-order valence-electron chi connectivity index (χ2n) is 5.59. The molecule has 0 aromatic rings. The molecule has 2 N–H and O–H groups in total. The highest BCUT2D eigenvalue weighted by atomic mass is 16.8. The Morgan fingerprint density at radius 2 is 1.95 bits per heavy atom. The zero-order chi connectivity index (χ0) is 14.3. The Morgan fingerprint density at radius 3 is 2.58 bits per heavy atom. The average Bonchev–Trinajstić information content (AvgIpc) is 2.68.